The molecule has 2 aliphatic heterocycles. The van der Waals surface area contributed by atoms with Crippen molar-refractivity contribution in [2.75, 3.05) is 32.7 Å². The van der Waals surface area contributed by atoms with Gasteiger partial charge in [-0.25, -0.2) is 0 Å². The average molecular weight is 379 g/mol. The molecule has 0 aliphatic carbocycles. The number of rotatable bonds is 3. The number of phenolic OH excluding ortho intramolecular Hbond substituents is 1. The van der Waals surface area contributed by atoms with Gasteiger partial charge in [-0.05, 0) is 48.2 Å². The first-order valence-electron chi connectivity index (χ1n) is 9.83. The maximum atomic E-state index is 13.1. The van der Waals surface area contributed by atoms with E-state index in [4.69, 9.17) is 0 Å². The van der Waals surface area contributed by atoms with Gasteiger partial charge in [-0.15, -0.1) is 0 Å². The van der Waals surface area contributed by atoms with Crippen molar-refractivity contribution in [1.29, 1.82) is 0 Å². The van der Waals surface area contributed by atoms with Gasteiger partial charge in [-0.2, -0.15) is 0 Å². The Morgan fingerprint density at radius 1 is 0.893 bits per heavy atom. The fourth-order valence-electron chi connectivity index (χ4n) is 3.94. The summed E-state index contributed by atoms with van der Waals surface area (Å²) in [6.07, 6.45) is 2.08. The second-order valence-corrected chi connectivity index (χ2v) is 7.38. The predicted octanol–water partition coefficient (Wildman–Crippen LogP) is 2.10. The molecular weight excluding hydrogens is 354 g/mol. The van der Waals surface area contributed by atoms with E-state index in [0.29, 0.717) is 25.2 Å². The van der Waals surface area contributed by atoms with Crippen LogP contribution in [0.5, 0.6) is 5.75 Å². The van der Waals surface area contributed by atoms with Crippen molar-refractivity contribution in [3.8, 4) is 16.9 Å². The van der Waals surface area contributed by atoms with Gasteiger partial charge in [0.15, 0.2) is 0 Å². The van der Waals surface area contributed by atoms with Gasteiger partial charge in [0.05, 0.1) is 0 Å². The fourth-order valence-corrected chi connectivity index (χ4v) is 3.94. The summed E-state index contributed by atoms with van der Waals surface area (Å²) in [6.45, 7) is 3.31. The summed E-state index contributed by atoms with van der Waals surface area (Å²) in [4.78, 5) is 29.6. The van der Waals surface area contributed by atoms with E-state index in [1.165, 1.54) is 0 Å². The summed E-state index contributed by atoms with van der Waals surface area (Å²) >= 11 is 0. The molecule has 0 aromatic heterocycles. The fraction of sp³-hybridized carbons (Fsp3) is 0.364. The normalized spacial score (nSPS) is 19.6. The van der Waals surface area contributed by atoms with Crippen LogP contribution in [0.4, 0.5) is 0 Å². The Labute approximate surface area is 164 Å². The molecule has 0 spiro atoms. The van der Waals surface area contributed by atoms with Crippen LogP contribution in [0, 0.1) is 0 Å². The summed E-state index contributed by atoms with van der Waals surface area (Å²) in [5.74, 6) is 0.179. The first-order chi connectivity index (χ1) is 13.6. The number of carbonyl (C=O) groups is 2. The predicted molar refractivity (Wildman–Crippen MR) is 107 cm³/mol. The number of hydrogen-bond acceptors (Lipinski definition) is 4. The van der Waals surface area contributed by atoms with E-state index in [1.54, 1.807) is 17.0 Å². The van der Waals surface area contributed by atoms with E-state index in [-0.39, 0.29) is 17.6 Å². The number of hydrogen-bond donors (Lipinski definition) is 2. The van der Waals surface area contributed by atoms with Crippen LogP contribution >= 0.6 is 0 Å². The van der Waals surface area contributed by atoms with E-state index in [0.717, 1.165) is 37.1 Å². The van der Waals surface area contributed by atoms with Gasteiger partial charge in [0, 0.05) is 38.3 Å². The van der Waals surface area contributed by atoms with Crippen LogP contribution in [0.25, 0.3) is 11.1 Å². The minimum atomic E-state index is -0.434. The molecule has 2 N–H and O–H groups in total. The third kappa shape index (κ3) is 3.73. The zero-order valence-electron chi connectivity index (χ0n) is 15.8. The molecule has 2 heterocycles. The molecule has 28 heavy (non-hydrogen) atoms. The second-order valence-electron chi connectivity index (χ2n) is 7.38. The molecule has 146 valence electrons. The molecule has 2 aromatic carbocycles. The van der Waals surface area contributed by atoms with Gasteiger partial charge in [0.2, 0.25) is 5.91 Å². The second kappa shape index (κ2) is 8.02. The van der Waals surface area contributed by atoms with E-state index >= 15 is 0 Å². The molecular formula is C22H25N3O3. The Kier molecular flexibility index (Phi) is 5.30. The SMILES string of the molecule is O=C([C@H]1CNCCN1C(=O)c1ccc(-c2ccc(O)cc2)cc1)N1CCCC1. The van der Waals surface area contributed by atoms with Crippen LogP contribution in [0.3, 0.4) is 0 Å². The van der Waals surface area contributed by atoms with E-state index in [9.17, 15) is 14.7 Å². The third-order valence-corrected chi connectivity index (χ3v) is 5.54. The van der Waals surface area contributed by atoms with Crippen LogP contribution in [-0.2, 0) is 4.79 Å². The largest absolute Gasteiger partial charge is 0.508 e. The number of benzene rings is 2. The van der Waals surface area contributed by atoms with E-state index in [1.807, 2.05) is 41.3 Å². The number of amides is 2. The molecule has 0 unspecified atom stereocenters. The lowest BCUT2D eigenvalue weighted by Crippen LogP contribution is -2.59. The van der Waals surface area contributed by atoms with Crippen LogP contribution in [0.1, 0.15) is 23.2 Å². The molecule has 2 fully saturated rings. The van der Waals surface area contributed by atoms with Crippen molar-refractivity contribution in [2.24, 2.45) is 0 Å². The Hall–Kier alpha value is -2.86. The van der Waals surface area contributed by atoms with Crippen molar-refractivity contribution in [2.45, 2.75) is 18.9 Å². The van der Waals surface area contributed by atoms with Crippen molar-refractivity contribution in [3.05, 3.63) is 54.1 Å². The zero-order chi connectivity index (χ0) is 19.5. The molecule has 6 heteroatoms. The van der Waals surface area contributed by atoms with Gasteiger partial charge in [0.1, 0.15) is 11.8 Å². The maximum Gasteiger partial charge on any atom is 0.254 e. The van der Waals surface area contributed by atoms with Crippen LogP contribution in [-0.4, -0.2) is 65.5 Å². The number of nitrogens with zero attached hydrogens (tertiary/aromatic N) is 2. The smallest absolute Gasteiger partial charge is 0.254 e. The number of likely N-dealkylation sites (tertiary alicyclic amines) is 1. The summed E-state index contributed by atoms with van der Waals surface area (Å²) in [7, 11) is 0. The lowest BCUT2D eigenvalue weighted by molar-refractivity contribution is -0.135. The summed E-state index contributed by atoms with van der Waals surface area (Å²) in [5.41, 5.74) is 2.53. The van der Waals surface area contributed by atoms with Crippen molar-refractivity contribution in [1.82, 2.24) is 15.1 Å². The Bertz CT molecular complexity index is 842. The van der Waals surface area contributed by atoms with E-state index in [2.05, 4.69) is 5.32 Å². The average Bonchev–Trinajstić information content (AvgIpc) is 3.28. The molecule has 0 radical (unpaired) electrons. The molecule has 0 saturated carbocycles. The quantitative estimate of drug-likeness (QED) is 0.857. The Balaban J connectivity index is 1.51. The highest BCUT2D eigenvalue weighted by atomic mass is 16.3. The maximum absolute atomic E-state index is 13.1. The molecule has 2 amide bonds. The molecule has 6 nitrogen and oxygen atoms in total. The van der Waals surface area contributed by atoms with Gasteiger partial charge in [-0.3, -0.25) is 9.59 Å². The highest BCUT2D eigenvalue weighted by molar-refractivity contribution is 5.98. The lowest BCUT2D eigenvalue weighted by Gasteiger charge is -2.37. The number of nitrogens with one attached hydrogen (secondary N) is 1. The molecule has 2 saturated heterocycles. The van der Waals surface area contributed by atoms with Crippen LogP contribution in [0.2, 0.25) is 0 Å². The molecule has 2 aliphatic rings. The van der Waals surface area contributed by atoms with Gasteiger partial charge in [0.25, 0.3) is 5.91 Å². The Morgan fingerprint density at radius 3 is 2.14 bits per heavy atom. The van der Waals surface area contributed by atoms with Gasteiger partial charge in [-0.1, -0.05) is 24.3 Å². The highest BCUT2D eigenvalue weighted by Gasteiger charge is 2.35. The van der Waals surface area contributed by atoms with Crippen LogP contribution < -0.4 is 5.32 Å². The molecule has 2 aromatic rings. The molecule has 4 rings (SSSR count). The minimum Gasteiger partial charge on any atom is -0.508 e. The number of aromatic hydroxyl groups is 1. The Morgan fingerprint density at radius 2 is 1.50 bits per heavy atom. The zero-order valence-corrected chi connectivity index (χ0v) is 15.8. The standard InChI is InChI=1S/C22H25N3O3/c26-19-9-7-17(8-10-19)16-3-5-18(6-4-16)21(27)25-14-11-23-15-20(25)22(28)24-12-1-2-13-24/h3-10,20,23,26H,1-2,11-15H2/t20-/m1/s1. The summed E-state index contributed by atoms with van der Waals surface area (Å²) < 4.78 is 0. The molecule has 1 atom stereocenters. The van der Waals surface area contributed by atoms with Crippen LogP contribution in [0.15, 0.2) is 48.5 Å². The third-order valence-electron chi connectivity index (χ3n) is 5.54. The number of piperazine rings is 1. The monoisotopic (exact) mass is 379 g/mol. The summed E-state index contributed by atoms with van der Waals surface area (Å²) in [6, 6.07) is 14.0. The first kappa shape index (κ1) is 18.5. The molecule has 0 bridgehead atoms. The van der Waals surface area contributed by atoms with Gasteiger partial charge >= 0.3 is 0 Å². The summed E-state index contributed by atoms with van der Waals surface area (Å²) in [5, 5.41) is 12.7. The van der Waals surface area contributed by atoms with Crippen molar-refractivity contribution >= 4 is 11.8 Å². The van der Waals surface area contributed by atoms with E-state index < -0.39 is 6.04 Å². The highest BCUT2D eigenvalue weighted by Crippen LogP contribution is 2.23. The number of phenols is 1. The lowest BCUT2D eigenvalue weighted by atomic mass is 10.0. The van der Waals surface area contributed by atoms with Crippen molar-refractivity contribution < 1.29 is 14.7 Å². The topological polar surface area (TPSA) is 72.9 Å². The van der Waals surface area contributed by atoms with Gasteiger partial charge < -0.3 is 20.2 Å². The van der Waals surface area contributed by atoms with Crippen molar-refractivity contribution in [3.63, 3.8) is 0 Å². The first-order valence-corrected chi connectivity index (χ1v) is 9.83. The number of carbonyl (C=O) groups excluding carboxylic acids is 2. The minimum absolute atomic E-state index is 0.0544.